The number of hydrogen-bond donors (Lipinski definition) is 3. The number of aliphatic hydroxyl groups is 2. The summed E-state index contributed by atoms with van der Waals surface area (Å²) in [6, 6.07) is 1.66. The summed E-state index contributed by atoms with van der Waals surface area (Å²) in [4.78, 5) is 24.9. The van der Waals surface area contributed by atoms with Crippen molar-refractivity contribution in [3.8, 4) is 6.07 Å². The zero-order valence-electron chi connectivity index (χ0n) is 10.2. The van der Waals surface area contributed by atoms with E-state index in [2.05, 4.69) is 0 Å². The molecule has 0 unspecified atom stereocenters. The summed E-state index contributed by atoms with van der Waals surface area (Å²) < 4.78 is 6.48. The lowest BCUT2D eigenvalue weighted by Crippen LogP contribution is -2.40. The molecule has 1 aliphatic heterocycles. The number of nitrogens with zero attached hydrogens (tertiary/aromatic N) is 2. The van der Waals surface area contributed by atoms with Crippen LogP contribution in [0.2, 0.25) is 0 Å². The number of aromatic nitrogens is 2. The van der Waals surface area contributed by atoms with E-state index >= 15 is 0 Å². The Morgan fingerprint density at radius 3 is 2.89 bits per heavy atom. The van der Waals surface area contributed by atoms with Gasteiger partial charge in [0, 0.05) is 12.6 Å². The maximum atomic E-state index is 11.7. The van der Waals surface area contributed by atoms with E-state index < -0.39 is 35.8 Å². The van der Waals surface area contributed by atoms with Gasteiger partial charge in [0.25, 0.3) is 5.56 Å². The van der Waals surface area contributed by atoms with Gasteiger partial charge in [-0.05, 0) is 6.92 Å². The van der Waals surface area contributed by atoms with E-state index in [4.69, 9.17) is 10.00 Å². The first-order valence-electron chi connectivity index (χ1n) is 5.63. The molecular formula is C11H13N3O5. The van der Waals surface area contributed by atoms with Gasteiger partial charge in [-0.15, -0.1) is 0 Å². The average Bonchev–Trinajstić information content (AvgIpc) is 2.66. The molecule has 0 amide bonds. The molecule has 1 aromatic rings. The van der Waals surface area contributed by atoms with Crippen molar-refractivity contribution >= 4 is 0 Å². The average molecular weight is 267 g/mol. The van der Waals surface area contributed by atoms with Crippen LogP contribution in [0.5, 0.6) is 0 Å². The molecule has 1 fully saturated rings. The van der Waals surface area contributed by atoms with Crippen LogP contribution >= 0.6 is 0 Å². The molecule has 2 rings (SSSR count). The van der Waals surface area contributed by atoms with Crippen molar-refractivity contribution in [2.45, 2.75) is 31.3 Å². The van der Waals surface area contributed by atoms with Crippen molar-refractivity contribution in [2.24, 2.45) is 0 Å². The van der Waals surface area contributed by atoms with Crippen molar-refractivity contribution in [1.29, 1.82) is 5.26 Å². The van der Waals surface area contributed by atoms with Gasteiger partial charge >= 0.3 is 5.69 Å². The van der Waals surface area contributed by atoms with E-state index in [0.717, 1.165) is 10.8 Å². The summed E-state index contributed by atoms with van der Waals surface area (Å²) in [6.07, 6.45) is -0.634. The maximum Gasteiger partial charge on any atom is 0.330 e. The second-order valence-electron chi connectivity index (χ2n) is 4.62. The van der Waals surface area contributed by atoms with Gasteiger partial charge in [0.1, 0.15) is 23.5 Å². The lowest BCUT2D eigenvalue weighted by Gasteiger charge is -2.24. The van der Waals surface area contributed by atoms with Crippen molar-refractivity contribution in [1.82, 2.24) is 9.55 Å². The number of nitriles is 1. The van der Waals surface area contributed by atoms with Gasteiger partial charge in [0.15, 0.2) is 0 Å². The molecular weight excluding hydrogens is 254 g/mol. The predicted octanol–water partition coefficient (Wildman–Crippen LogP) is -1.56. The summed E-state index contributed by atoms with van der Waals surface area (Å²) in [7, 11) is 0. The van der Waals surface area contributed by atoms with Gasteiger partial charge in [-0.25, -0.2) is 4.79 Å². The summed E-state index contributed by atoms with van der Waals surface area (Å²) >= 11 is 0. The van der Waals surface area contributed by atoms with E-state index in [1.807, 2.05) is 4.98 Å². The van der Waals surface area contributed by atoms with E-state index in [0.29, 0.717) is 0 Å². The van der Waals surface area contributed by atoms with Crippen LogP contribution in [0.15, 0.2) is 15.8 Å². The lowest BCUT2D eigenvalue weighted by atomic mass is 10.0. The molecule has 0 saturated carbocycles. The van der Waals surface area contributed by atoms with Crippen LogP contribution in [0.3, 0.4) is 0 Å². The Morgan fingerprint density at radius 1 is 1.68 bits per heavy atom. The molecule has 19 heavy (non-hydrogen) atoms. The van der Waals surface area contributed by atoms with Crippen LogP contribution in [0.4, 0.5) is 0 Å². The molecule has 0 aliphatic carbocycles. The highest BCUT2D eigenvalue weighted by molar-refractivity contribution is 5.21. The molecule has 0 aromatic carbocycles. The number of H-pyrrole nitrogens is 1. The molecule has 1 saturated heterocycles. The smallest absolute Gasteiger partial charge is 0.330 e. The minimum atomic E-state index is -1.17. The molecule has 8 nitrogen and oxygen atoms in total. The van der Waals surface area contributed by atoms with Crippen molar-refractivity contribution in [2.75, 3.05) is 6.61 Å². The molecule has 0 spiro atoms. The molecule has 1 aliphatic rings. The fourth-order valence-corrected chi connectivity index (χ4v) is 1.97. The summed E-state index contributed by atoms with van der Waals surface area (Å²) in [5.74, 6) is 0. The highest BCUT2D eigenvalue weighted by Crippen LogP contribution is 2.35. The number of aliphatic hydroxyl groups excluding tert-OH is 2. The Balaban J connectivity index is 2.43. The Bertz CT molecular complexity index is 643. The first-order chi connectivity index (χ1) is 8.91. The molecule has 0 bridgehead atoms. The zero-order chi connectivity index (χ0) is 14.2. The topological polar surface area (TPSA) is 128 Å². The van der Waals surface area contributed by atoms with Gasteiger partial charge < -0.3 is 14.9 Å². The third kappa shape index (κ3) is 2.19. The highest BCUT2D eigenvalue weighted by Gasteiger charge is 2.45. The molecule has 2 heterocycles. The number of rotatable bonds is 2. The van der Waals surface area contributed by atoms with Gasteiger partial charge in [0.05, 0.1) is 12.7 Å². The second kappa shape index (κ2) is 4.62. The fourth-order valence-electron chi connectivity index (χ4n) is 1.97. The zero-order valence-corrected chi connectivity index (χ0v) is 10.2. The number of aromatic amines is 1. The van der Waals surface area contributed by atoms with E-state index in [1.54, 1.807) is 6.07 Å². The van der Waals surface area contributed by atoms with E-state index in [1.165, 1.54) is 6.92 Å². The van der Waals surface area contributed by atoms with Crippen molar-refractivity contribution in [3.05, 3.63) is 32.6 Å². The SMILES string of the molecule is C[C@]1(CO)O[C@@H](n2cc(C#N)c(=O)[nH]c2=O)C[C@@H]1O. The van der Waals surface area contributed by atoms with Gasteiger partial charge in [0.2, 0.25) is 0 Å². The molecule has 102 valence electrons. The highest BCUT2D eigenvalue weighted by atomic mass is 16.6. The number of nitrogens with one attached hydrogen (secondary N) is 1. The third-order valence-electron chi connectivity index (χ3n) is 3.25. The Labute approximate surface area is 107 Å². The second-order valence-corrected chi connectivity index (χ2v) is 4.62. The molecule has 1 aromatic heterocycles. The molecule has 3 N–H and O–H groups in total. The number of hydrogen-bond acceptors (Lipinski definition) is 6. The van der Waals surface area contributed by atoms with Crippen LogP contribution in [-0.4, -0.2) is 38.1 Å². The van der Waals surface area contributed by atoms with Gasteiger partial charge in [-0.1, -0.05) is 0 Å². The normalized spacial score (nSPS) is 30.2. The predicted molar refractivity (Wildman–Crippen MR) is 62.3 cm³/mol. The van der Waals surface area contributed by atoms with Crippen LogP contribution in [0.1, 0.15) is 25.1 Å². The van der Waals surface area contributed by atoms with Crippen LogP contribution < -0.4 is 11.2 Å². The quantitative estimate of drug-likeness (QED) is 0.594. The lowest BCUT2D eigenvalue weighted by molar-refractivity contribution is -0.116. The standard InChI is InChI=1S/C11H13N3O5/c1-11(5-15)7(16)2-8(19-11)14-4-6(3-12)9(17)13-10(14)18/h4,7-8,15-16H,2,5H2,1H3,(H,13,17,18)/t7-,8+,11+/m0/s1. The summed E-state index contributed by atoms with van der Waals surface area (Å²) in [5, 5.41) is 27.8. The maximum absolute atomic E-state index is 11.7. The first-order valence-corrected chi connectivity index (χ1v) is 5.63. The first kappa shape index (κ1) is 13.5. The monoisotopic (exact) mass is 267 g/mol. The molecule has 8 heteroatoms. The Kier molecular flexibility index (Phi) is 3.28. The third-order valence-corrected chi connectivity index (χ3v) is 3.25. The van der Waals surface area contributed by atoms with E-state index in [-0.39, 0.29) is 12.0 Å². The summed E-state index contributed by atoms with van der Waals surface area (Å²) in [5.41, 5.74) is -2.90. The number of ether oxygens (including phenoxy) is 1. The minimum absolute atomic E-state index is 0.0773. The largest absolute Gasteiger partial charge is 0.393 e. The van der Waals surface area contributed by atoms with Crippen molar-refractivity contribution in [3.63, 3.8) is 0 Å². The molecule has 0 radical (unpaired) electrons. The Hall–Kier alpha value is -1.95. The minimum Gasteiger partial charge on any atom is -0.393 e. The van der Waals surface area contributed by atoms with Crippen molar-refractivity contribution < 1.29 is 14.9 Å². The fraction of sp³-hybridized carbons (Fsp3) is 0.545. The van der Waals surface area contributed by atoms with Crippen LogP contribution in [0, 0.1) is 11.3 Å². The van der Waals surface area contributed by atoms with Crippen LogP contribution in [0.25, 0.3) is 0 Å². The van der Waals surface area contributed by atoms with Gasteiger partial charge in [-0.3, -0.25) is 14.3 Å². The summed E-state index contributed by atoms with van der Waals surface area (Å²) in [6.45, 7) is 1.10. The van der Waals surface area contributed by atoms with Crippen LogP contribution in [-0.2, 0) is 4.74 Å². The molecule has 3 atom stereocenters. The Morgan fingerprint density at radius 2 is 2.37 bits per heavy atom. The van der Waals surface area contributed by atoms with E-state index in [9.17, 15) is 19.8 Å². The van der Waals surface area contributed by atoms with Gasteiger partial charge in [-0.2, -0.15) is 5.26 Å².